The highest BCUT2D eigenvalue weighted by Gasteiger charge is 2.45. The number of nitrogens with zero attached hydrogens (tertiary/aromatic N) is 4. The van der Waals surface area contributed by atoms with Crippen molar-refractivity contribution < 1.29 is 26.2 Å². The van der Waals surface area contributed by atoms with E-state index in [9.17, 15) is 20.1 Å². The summed E-state index contributed by atoms with van der Waals surface area (Å²) in [6.07, 6.45) is 19.2. The quantitative estimate of drug-likeness (QED) is 0.0486. The largest absolute Gasteiger partial charge is 0.456 e. The number of esters is 1. The van der Waals surface area contributed by atoms with Gasteiger partial charge in [0.05, 0.1) is 36.4 Å². The van der Waals surface area contributed by atoms with Gasteiger partial charge in [-0.05, 0) is 142 Å². The van der Waals surface area contributed by atoms with Crippen molar-refractivity contribution in [3.8, 4) is 12.8 Å². The number of hydrogen-bond donors (Lipinski definition) is 4. The number of carbonyl (C=O) groups excluding carboxylic acids is 1. The lowest BCUT2D eigenvalue weighted by atomic mass is 9.73. The van der Waals surface area contributed by atoms with Crippen molar-refractivity contribution in [3.05, 3.63) is 108 Å². The van der Waals surface area contributed by atoms with Gasteiger partial charge in [0.2, 0.25) is 0 Å². The first-order valence-corrected chi connectivity index (χ1v) is 20.9. The Hall–Kier alpha value is -4.47. The Morgan fingerprint density at radius 3 is 1.93 bits per heavy atom. The lowest BCUT2D eigenvalue weighted by molar-refractivity contribution is -0.157. The molecule has 0 spiro atoms. The smallest absolute Gasteiger partial charge is 0.306 e. The predicted molar refractivity (Wildman–Crippen MR) is 230 cm³/mol. The molecule has 4 N–H and O–H groups in total. The van der Waals surface area contributed by atoms with Crippen LogP contribution in [0.4, 0.5) is 0 Å². The van der Waals surface area contributed by atoms with Gasteiger partial charge >= 0.3 is 5.97 Å². The van der Waals surface area contributed by atoms with E-state index in [0.717, 1.165) is 102 Å². The predicted octanol–water partition coefficient (Wildman–Crippen LogP) is 6.50. The zero-order valence-electron chi connectivity index (χ0n) is 34.9. The van der Waals surface area contributed by atoms with Crippen molar-refractivity contribution in [1.82, 2.24) is 25.1 Å². The SMILES string of the molecule is C=C[C@H]1CN2CCC1C[C@@H]2[C@@H](O)c1ccnc2ccc(CO)cc12.C=C[C@H]1CN2CCC1C[C@@H]2[C@@H](OC(=O)CCCCNC)c1ccnc2ccc(CO)cc12.[2H]C#C. The van der Waals surface area contributed by atoms with E-state index in [1.165, 1.54) is 19.2 Å². The number of nitrogens with one attached hydrogen (secondary N) is 1. The first-order valence-electron chi connectivity index (χ1n) is 21.4. The first kappa shape index (κ1) is 41.7. The molecule has 10 nitrogen and oxygen atoms in total. The van der Waals surface area contributed by atoms with E-state index in [0.29, 0.717) is 30.1 Å². The van der Waals surface area contributed by atoms with Crippen LogP contribution in [0.3, 0.4) is 0 Å². The molecule has 8 heterocycles. The van der Waals surface area contributed by atoms with Gasteiger partial charge in [0.15, 0.2) is 0 Å². The zero-order chi connectivity index (χ0) is 41.9. The van der Waals surface area contributed by atoms with E-state index in [1.807, 2.05) is 55.6 Å². The number of benzene rings is 2. The van der Waals surface area contributed by atoms with Crippen molar-refractivity contribution in [2.24, 2.45) is 23.7 Å². The number of piperidine rings is 6. The molecule has 0 aliphatic carbocycles. The highest BCUT2D eigenvalue weighted by atomic mass is 16.5. The van der Waals surface area contributed by atoms with Crippen LogP contribution in [0.5, 0.6) is 0 Å². The molecule has 4 aromatic rings. The zero-order valence-corrected chi connectivity index (χ0v) is 33.9. The van der Waals surface area contributed by atoms with Crippen LogP contribution in [0.25, 0.3) is 21.8 Å². The summed E-state index contributed by atoms with van der Waals surface area (Å²) in [6.45, 7) is 12.9. The molecule has 2 aromatic carbocycles. The van der Waals surface area contributed by atoms with Crippen LogP contribution in [0.2, 0.25) is 0 Å². The highest BCUT2D eigenvalue weighted by Crippen LogP contribution is 2.44. The number of carbonyl (C=O) groups is 1. The average Bonchev–Trinajstić information content (AvgIpc) is 3.29. The summed E-state index contributed by atoms with van der Waals surface area (Å²) in [6, 6.07) is 15.8. The summed E-state index contributed by atoms with van der Waals surface area (Å²) in [5, 5.41) is 35.2. The number of ether oxygens (including phenoxy) is 1. The molecule has 308 valence electrons. The molecule has 10 rings (SSSR count). The van der Waals surface area contributed by atoms with Crippen molar-refractivity contribution in [2.75, 3.05) is 39.8 Å². The monoisotopic (exact) mass is 788 g/mol. The standard InChI is InChI=1S/C26H35N3O3.C20H24N2O2.C2H2/c1-3-19-16-29-13-10-20(19)15-24(29)26(32-25(31)6-4-5-11-27-2)21-9-12-28-23-8-7-18(17-30)14-22(21)23;1-2-14-11-22-8-6-15(14)10-19(22)20(24)16-5-7-21-18-4-3-13(12-23)9-17(16)18;1-2/h3,7-9,12,14,19-20,24,26-27,30H,1,4-6,10-11,13,15-17H2,2H3;2-5,7,9,14-15,19-20,23-24H,1,6,8,10-12H2;1-2H/t19-,20?,24+,26-;14-,15?,19+,20-;/m00./s1/i;;1D. The molecular formula is C48H61N5O5. The molecular weight excluding hydrogens is 727 g/mol. The van der Waals surface area contributed by atoms with Crippen LogP contribution in [-0.4, -0.2) is 92.9 Å². The van der Waals surface area contributed by atoms with Gasteiger partial charge in [-0.3, -0.25) is 24.6 Å². The molecule has 0 radical (unpaired) electrons. The van der Waals surface area contributed by atoms with Gasteiger partial charge in [0.1, 0.15) is 7.47 Å². The summed E-state index contributed by atoms with van der Waals surface area (Å²) in [4.78, 5) is 26.7. The first-order chi connectivity index (χ1) is 28.8. The Kier molecular flexibility index (Phi) is 14.7. The average molecular weight is 789 g/mol. The number of hydrogen-bond acceptors (Lipinski definition) is 10. The summed E-state index contributed by atoms with van der Waals surface area (Å²) in [7, 11) is 1.92. The van der Waals surface area contributed by atoms with Crippen LogP contribution < -0.4 is 5.32 Å². The van der Waals surface area contributed by atoms with Gasteiger partial charge in [-0.15, -0.1) is 26.0 Å². The van der Waals surface area contributed by atoms with Crippen molar-refractivity contribution in [1.29, 1.82) is 0 Å². The second-order valence-corrected chi connectivity index (χ2v) is 16.2. The van der Waals surface area contributed by atoms with E-state index in [2.05, 4.69) is 56.8 Å². The molecule has 10 heteroatoms. The number of aliphatic hydroxyl groups excluding tert-OH is 3. The Labute approximate surface area is 345 Å². The lowest BCUT2D eigenvalue weighted by Gasteiger charge is -2.51. The molecule has 4 unspecified atom stereocenters. The van der Waals surface area contributed by atoms with Crippen molar-refractivity contribution in [2.45, 2.75) is 82.5 Å². The van der Waals surface area contributed by atoms with Gasteiger partial charge < -0.3 is 25.4 Å². The molecule has 6 saturated heterocycles. The second kappa shape index (κ2) is 20.5. The number of pyridine rings is 2. The number of terminal acetylenes is 1. The fourth-order valence-corrected chi connectivity index (χ4v) is 9.86. The minimum Gasteiger partial charge on any atom is -0.456 e. The minimum absolute atomic E-state index is 0.000980. The number of aromatic nitrogens is 2. The summed E-state index contributed by atoms with van der Waals surface area (Å²) in [5.41, 5.74) is 5.31. The van der Waals surface area contributed by atoms with Gasteiger partial charge in [0, 0.05) is 54.3 Å². The number of unbranched alkanes of at least 4 members (excludes halogenated alkanes) is 1. The van der Waals surface area contributed by atoms with Crippen molar-refractivity contribution in [3.63, 3.8) is 0 Å². The maximum atomic E-state index is 12.9. The normalized spacial score (nSPS) is 26.8. The van der Waals surface area contributed by atoms with E-state index in [-0.39, 0.29) is 37.4 Å². The second-order valence-electron chi connectivity index (χ2n) is 16.2. The van der Waals surface area contributed by atoms with E-state index in [4.69, 9.17) is 6.11 Å². The van der Waals surface area contributed by atoms with Gasteiger partial charge in [-0.1, -0.05) is 24.3 Å². The molecule has 6 fully saturated rings. The van der Waals surface area contributed by atoms with Crippen LogP contribution in [-0.2, 0) is 22.7 Å². The fraction of sp³-hybridized carbons (Fsp3) is 0.479. The summed E-state index contributed by atoms with van der Waals surface area (Å²) < 4.78 is 12.0. The van der Waals surface area contributed by atoms with Crippen molar-refractivity contribution >= 4 is 27.8 Å². The maximum absolute atomic E-state index is 12.9. The molecule has 4 bridgehead atoms. The Morgan fingerprint density at radius 1 is 0.897 bits per heavy atom. The maximum Gasteiger partial charge on any atom is 0.306 e. The van der Waals surface area contributed by atoms with Crippen LogP contribution in [0.1, 0.15) is 80.8 Å². The Balaban J connectivity index is 0.000000192. The van der Waals surface area contributed by atoms with Crippen LogP contribution in [0, 0.1) is 36.5 Å². The highest BCUT2D eigenvalue weighted by molar-refractivity contribution is 5.84. The third kappa shape index (κ3) is 9.52. The molecule has 10 atom stereocenters. The number of fused-ring (bicyclic) bond motifs is 8. The van der Waals surface area contributed by atoms with Gasteiger partial charge in [-0.25, -0.2) is 0 Å². The molecule has 6 aliphatic heterocycles. The van der Waals surface area contributed by atoms with E-state index < -0.39 is 6.10 Å². The molecule has 58 heavy (non-hydrogen) atoms. The van der Waals surface area contributed by atoms with Gasteiger partial charge in [0.25, 0.3) is 0 Å². The number of aliphatic hydroxyl groups is 3. The molecule has 0 amide bonds. The topological polar surface area (TPSA) is 131 Å². The molecule has 2 aromatic heterocycles. The summed E-state index contributed by atoms with van der Waals surface area (Å²) in [5.74, 6) is 2.14. The molecule has 0 saturated carbocycles. The number of rotatable bonds is 14. The third-order valence-electron chi connectivity index (χ3n) is 13.0. The Bertz CT molecular complexity index is 2090. The lowest BCUT2D eigenvalue weighted by Crippen LogP contribution is -2.55. The van der Waals surface area contributed by atoms with Gasteiger partial charge in [-0.2, -0.15) is 0 Å². The summed E-state index contributed by atoms with van der Waals surface area (Å²) >= 11 is 0. The Morgan fingerprint density at radius 2 is 1.43 bits per heavy atom. The third-order valence-corrected chi connectivity index (χ3v) is 13.0. The fourth-order valence-electron chi connectivity index (χ4n) is 9.86. The molecule has 6 aliphatic rings. The van der Waals surface area contributed by atoms with Crippen LogP contribution >= 0.6 is 0 Å². The van der Waals surface area contributed by atoms with E-state index >= 15 is 0 Å². The van der Waals surface area contributed by atoms with E-state index in [1.54, 1.807) is 12.4 Å². The minimum atomic E-state index is -0.530. The van der Waals surface area contributed by atoms with Crippen LogP contribution in [0.15, 0.2) is 86.2 Å².